The van der Waals surface area contributed by atoms with E-state index in [1.165, 1.54) is 0 Å². The highest BCUT2D eigenvalue weighted by Gasteiger charge is 2.14. The van der Waals surface area contributed by atoms with Gasteiger partial charge in [-0.05, 0) is 47.5 Å². The Morgan fingerprint density at radius 1 is 0.750 bits per heavy atom. The Kier molecular flexibility index (Phi) is 6.81. The van der Waals surface area contributed by atoms with Crippen molar-refractivity contribution in [1.82, 2.24) is 20.4 Å². The van der Waals surface area contributed by atoms with Crippen LogP contribution in [0.1, 0.15) is 17.0 Å². The van der Waals surface area contributed by atoms with Crippen LogP contribution in [0.3, 0.4) is 0 Å². The zero-order valence-corrected chi connectivity index (χ0v) is 18.5. The standard InChI is InChI=1S/C23H22ClN5O3/c1-30-18-7-3-16(4-8-18)14-29(15-17-5-9-19(31-2)10-6-17)21-12-11-20(25-26-21)23-28-27-22(13-24)32-23/h3-12H,13-15H2,1-2H3. The van der Waals surface area contributed by atoms with Gasteiger partial charge in [-0.1, -0.05) is 24.3 Å². The van der Waals surface area contributed by atoms with E-state index in [1.807, 2.05) is 60.7 Å². The van der Waals surface area contributed by atoms with E-state index in [9.17, 15) is 0 Å². The lowest BCUT2D eigenvalue weighted by Crippen LogP contribution is -2.23. The average molecular weight is 452 g/mol. The fraction of sp³-hybridized carbons (Fsp3) is 0.217. The van der Waals surface area contributed by atoms with Crippen LogP contribution in [0.2, 0.25) is 0 Å². The number of aromatic nitrogens is 4. The molecule has 164 valence electrons. The molecule has 2 aromatic carbocycles. The zero-order valence-electron chi connectivity index (χ0n) is 17.7. The smallest absolute Gasteiger partial charge is 0.268 e. The van der Waals surface area contributed by atoms with Crippen LogP contribution >= 0.6 is 11.6 Å². The Hall–Kier alpha value is -3.65. The van der Waals surface area contributed by atoms with Gasteiger partial charge in [-0.15, -0.1) is 32.0 Å². The van der Waals surface area contributed by atoms with Crippen LogP contribution in [-0.4, -0.2) is 34.6 Å². The molecule has 0 radical (unpaired) electrons. The van der Waals surface area contributed by atoms with E-state index in [4.69, 9.17) is 25.5 Å². The lowest BCUT2D eigenvalue weighted by Gasteiger charge is -2.24. The van der Waals surface area contributed by atoms with Crippen molar-refractivity contribution in [3.8, 4) is 23.1 Å². The molecule has 0 aliphatic rings. The van der Waals surface area contributed by atoms with Gasteiger partial charge in [0.25, 0.3) is 5.89 Å². The summed E-state index contributed by atoms with van der Waals surface area (Å²) in [6, 6.07) is 19.6. The molecule has 4 rings (SSSR count). The minimum absolute atomic E-state index is 0.149. The summed E-state index contributed by atoms with van der Waals surface area (Å²) in [7, 11) is 3.31. The molecule has 9 heteroatoms. The predicted octanol–water partition coefficient (Wildman–Crippen LogP) is 4.49. The van der Waals surface area contributed by atoms with Gasteiger partial charge in [-0.25, -0.2) is 0 Å². The second-order valence-corrected chi connectivity index (χ2v) is 7.23. The van der Waals surface area contributed by atoms with Crippen molar-refractivity contribution in [1.29, 1.82) is 0 Å². The number of benzene rings is 2. The van der Waals surface area contributed by atoms with E-state index in [1.54, 1.807) is 14.2 Å². The molecule has 0 fully saturated rings. The SMILES string of the molecule is COc1ccc(CN(Cc2ccc(OC)cc2)c2ccc(-c3nnc(CCl)o3)nn2)cc1. The summed E-state index contributed by atoms with van der Waals surface area (Å²) in [5, 5.41) is 16.5. The average Bonchev–Trinajstić information content (AvgIpc) is 3.34. The van der Waals surface area contributed by atoms with Crippen molar-refractivity contribution >= 4 is 17.4 Å². The summed E-state index contributed by atoms with van der Waals surface area (Å²) in [6.07, 6.45) is 0. The van der Waals surface area contributed by atoms with Crippen LogP contribution in [0.5, 0.6) is 11.5 Å². The van der Waals surface area contributed by atoms with Crippen molar-refractivity contribution in [3.05, 3.63) is 77.7 Å². The highest BCUT2D eigenvalue weighted by molar-refractivity contribution is 6.16. The van der Waals surface area contributed by atoms with Crippen molar-refractivity contribution in [2.45, 2.75) is 19.0 Å². The summed E-state index contributed by atoms with van der Waals surface area (Å²) in [4.78, 5) is 2.14. The van der Waals surface area contributed by atoms with Crippen molar-refractivity contribution < 1.29 is 13.9 Å². The summed E-state index contributed by atoms with van der Waals surface area (Å²) >= 11 is 5.73. The maximum Gasteiger partial charge on any atom is 0.268 e. The molecule has 8 nitrogen and oxygen atoms in total. The molecule has 0 aliphatic carbocycles. The second-order valence-electron chi connectivity index (χ2n) is 6.96. The van der Waals surface area contributed by atoms with Gasteiger partial charge in [-0.2, -0.15) is 0 Å². The van der Waals surface area contributed by atoms with Gasteiger partial charge in [-0.3, -0.25) is 0 Å². The van der Waals surface area contributed by atoms with Crippen LogP contribution in [0.15, 0.2) is 65.1 Å². The molecule has 0 unspecified atom stereocenters. The van der Waals surface area contributed by atoms with Crippen molar-refractivity contribution in [2.24, 2.45) is 0 Å². The highest BCUT2D eigenvalue weighted by atomic mass is 35.5. The molecule has 0 saturated carbocycles. The van der Waals surface area contributed by atoms with Gasteiger partial charge >= 0.3 is 0 Å². The number of anilines is 1. The summed E-state index contributed by atoms with van der Waals surface area (Å²) in [6.45, 7) is 1.28. The number of halogens is 1. The number of nitrogens with zero attached hydrogens (tertiary/aromatic N) is 5. The van der Waals surface area contributed by atoms with Crippen LogP contribution in [0.25, 0.3) is 11.6 Å². The minimum Gasteiger partial charge on any atom is -0.497 e. The van der Waals surface area contributed by atoms with Crippen molar-refractivity contribution in [2.75, 3.05) is 19.1 Å². The fourth-order valence-corrected chi connectivity index (χ4v) is 3.25. The van der Waals surface area contributed by atoms with Gasteiger partial charge in [0.15, 0.2) is 5.82 Å². The van der Waals surface area contributed by atoms with Gasteiger partial charge in [0, 0.05) is 13.1 Å². The lowest BCUT2D eigenvalue weighted by molar-refractivity contribution is 0.414. The highest BCUT2D eigenvalue weighted by Crippen LogP contribution is 2.23. The maximum absolute atomic E-state index is 5.73. The van der Waals surface area contributed by atoms with E-state index in [2.05, 4.69) is 25.3 Å². The monoisotopic (exact) mass is 451 g/mol. The molecule has 0 aliphatic heterocycles. The zero-order chi connectivity index (χ0) is 22.3. The summed E-state index contributed by atoms with van der Waals surface area (Å²) in [5.74, 6) is 3.13. The van der Waals surface area contributed by atoms with Crippen LogP contribution in [0.4, 0.5) is 5.82 Å². The first-order valence-corrected chi connectivity index (χ1v) is 10.4. The Balaban J connectivity index is 1.59. The topological polar surface area (TPSA) is 86.4 Å². The number of rotatable bonds is 9. The molecule has 0 N–H and O–H groups in total. The van der Waals surface area contributed by atoms with E-state index < -0.39 is 0 Å². The molecule has 2 aromatic heterocycles. The quantitative estimate of drug-likeness (QED) is 0.344. The molecule has 32 heavy (non-hydrogen) atoms. The largest absolute Gasteiger partial charge is 0.497 e. The third-order valence-electron chi connectivity index (χ3n) is 4.84. The summed E-state index contributed by atoms with van der Waals surface area (Å²) < 4.78 is 16.0. The number of ether oxygens (including phenoxy) is 2. The maximum atomic E-state index is 5.73. The summed E-state index contributed by atoms with van der Waals surface area (Å²) in [5.41, 5.74) is 2.73. The van der Waals surface area contributed by atoms with Crippen LogP contribution in [0, 0.1) is 0 Å². The molecule has 0 spiro atoms. The molecule has 0 amide bonds. The third kappa shape index (κ3) is 5.15. The van der Waals surface area contributed by atoms with Gasteiger partial charge in [0.2, 0.25) is 5.89 Å². The lowest BCUT2D eigenvalue weighted by atomic mass is 10.1. The molecular weight excluding hydrogens is 430 g/mol. The molecule has 0 atom stereocenters. The molecule has 0 saturated heterocycles. The fourth-order valence-electron chi connectivity index (χ4n) is 3.14. The Morgan fingerprint density at radius 2 is 1.34 bits per heavy atom. The van der Waals surface area contributed by atoms with E-state index in [-0.39, 0.29) is 11.8 Å². The first-order valence-electron chi connectivity index (χ1n) is 9.91. The first-order chi connectivity index (χ1) is 15.7. The van der Waals surface area contributed by atoms with Crippen LogP contribution in [-0.2, 0) is 19.0 Å². The van der Waals surface area contributed by atoms with Gasteiger partial charge in [0.1, 0.15) is 23.1 Å². The van der Waals surface area contributed by atoms with Gasteiger partial charge in [0.05, 0.1) is 14.2 Å². The Bertz CT molecular complexity index is 1080. The van der Waals surface area contributed by atoms with Crippen molar-refractivity contribution in [3.63, 3.8) is 0 Å². The molecule has 0 bridgehead atoms. The Labute approximate surface area is 190 Å². The van der Waals surface area contributed by atoms with E-state index in [0.29, 0.717) is 24.7 Å². The third-order valence-corrected chi connectivity index (χ3v) is 5.07. The number of methoxy groups -OCH3 is 2. The first kappa shape index (κ1) is 21.6. The number of hydrogen-bond acceptors (Lipinski definition) is 8. The van der Waals surface area contributed by atoms with E-state index >= 15 is 0 Å². The molecular formula is C23H22ClN5O3. The Morgan fingerprint density at radius 3 is 1.78 bits per heavy atom. The second kappa shape index (κ2) is 10.1. The minimum atomic E-state index is 0.149. The number of alkyl halides is 1. The number of hydrogen-bond donors (Lipinski definition) is 0. The normalized spacial score (nSPS) is 10.7. The van der Waals surface area contributed by atoms with E-state index in [0.717, 1.165) is 28.4 Å². The van der Waals surface area contributed by atoms with Gasteiger partial charge < -0.3 is 18.8 Å². The molecule has 4 aromatic rings. The predicted molar refractivity (Wildman–Crippen MR) is 121 cm³/mol. The molecule has 2 heterocycles. The van der Waals surface area contributed by atoms with Crippen LogP contribution < -0.4 is 14.4 Å².